The van der Waals surface area contributed by atoms with Crippen LogP contribution in [0.15, 0.2) is 91.1 Å². The summed E-state index contributed by atoms with van der Waals surface area (Å²) in [5.41, 5.74) is 8.68. The second kappa shape index (κ2) is 9.61. The van der Waals surface area contributed by atoms with E-state index in [0.717, 1.165) is 44.2 Å². The van der Waals surface area contributed by atoms with Crippen LogP contribution in [0.25, 0.3) is 55.6 Å². The molecular weight excluding hydrogens is 637 g/mol. The first-order valence-electron chi connectivity index (χ1n) is 12.1. The van der Waals surface area contributed by atoms with Crippen LogP contribution >= 0.6 is 0 Å². The van der Waals surface area contributed by atoms with Crippen molar-refractivity contribution in [1.82, 2.24) is 15.0 Å². The van der Waals surface area contributed by atoms with Crippen LogP contribution in [0, 0.1) is 6.07 Å². The molecule has 0 fully saturated rings. The first-order valence-corrected chi connectivity index (χ1v) is 12.1. The summed E-state index contributed by atoms with van der Waals surface area (Å²) in [5.74, 6) is 0.838. The van der Waals surface area contributed by atoms with Crippen molar-refractivity contribution in [3.05, 3.63) is 103 Å². The van der Waals surface area contributed by atoms with Gasteiger partial charge < -0.3 is 10.1 Å². The van der Waals surface area contributed by atoms with Crippen LogP contribution in [-0.4, -0.2) is 20.1 Å². The second-order valence-electron chi connectivity index (χ2n) is 10.1. The third kappa shape index (κ3) is 4.58. The molecule has 4 nitrogen and oxygen atoms in total. The number of H-pyrrole nitrogens is 1. The molecule has 5 heteroatoms. The minimum Gasteiger partial charge on any atom is -0.507 e. The summed E-state index contributed by atoms with van der Waals surface area (Å²) in [7, 11) is 0. The van der Waals surface area contributed by atoms with Gasteiger partial charge in [0, 0.05) is 32.8 Å². The van der Waals surface area contributed by atoms with E-state index in [1.54, 1.807) is 12.1 Å². The SMILES string of the molecule is CC(C)(C)c1cc(-c2[c-]c(-c3cccc4[nH]c(-c5ccccc5O)nc34)ccc2)c2ncccc2c1.[Pt]. The fourth-order valence-corrected chi connectivity index (χ4v) is 4.66. The van der Waals surface area contributed by atoms with Crippen LogP contribution in [-0.2, 0) is 26.5 Å². The number of phenols is 1. The molecule has 2 N–H and O–H groups in total. The Bertz CT molecular complexity index is 1750. The zero-order chi connectivity index (χ0) is 24.9. The molecule has 0 unspecified atom stereocenters. The normalized spacial score (nSPS) is 11.5. The van der Waals surface area contributed by atoms with Crippen LogP contribution in [0.3, 0.4) is 0 Å². The molecule has 2 aromatic heterocycles. The molecule has 0 atom stereocenters. The van der Waals surface area contributed by atoms with Crippen molar-refractivity contribution in [2.45, 2.75) is 26.2 Å². The molecule has 2 heterocycles. The molecule has 0 aliphatic carbocycles. The quantitative estimate of drug-likeness (QED) is 0.189. The number of hydrogen-bond donors (Lipinski definition) is 2. The van der Waals surface area contributed by atoms with Crippen molar-refractivity contribution < 1.29 is 26.2 Å². The molecule has 0 radical (unpaired) electrons. The topological polar surface area (TPSA) is 61.8 Å². The van der Waals surface area contributed by atoms with Gasteiger partial charge in [0.2, 0.25) is 0 Å². The molecule has 0 saturated heterocycles. The third-order valence-corrected chi connectivity index (χ3v) is 6.62. The minimum absolute atomic E-state index is 0. The van der Waals surface area contributed by atoms with Crippen molar-refractivity contribution in [2.24, 2.45) is 0 Å². The Labute approximate surface area is 230 Å². The van der Waals surface area contributed by atoms with Gasteiger partial charge >= 0.3 is 0 Å². The number of aromatic amines is 1. The molecule has 37 heavy (non-hydrogen) atoms. The average Bonchev–Trinajstić information content (AvgIpc) is 3.32. The molecule has 0 saturated carbocycles. The van der Waals surface area contributed by atoms with E-state index in [2.05, 4.69) is 74.3 Å². The molecule has 6 rings (SSSR count). The number of benzene rings is 4. The van der Waals surface area contributed by atoms with E-state index in [0.29, 0.717) is 11.4 Å². The number of rotatable bonds is 3. The van der Waals surface area contributed by atoms with Gasteiger partial charge in [0.15, 0.2) is 0 Å². The number of nitrogens with zero attached hydrogens (tertiary/aromatic N) is 2. The first kappa shape index (κ1) is 24.9. The van der Waals surface area contributed by atoms with Crippen LogP contribution in [0.1, 0.15) is 26.3 Å². The summed E-state index contributed by atoms with van der Waals surface area (Å²) in [4.78, 5) is 13.0. The summed E-state index contributed by atoms with van der Waals surface area (Å²) in [5, 5.41) is 11.5. The fourth-order valence-electron chi connectivity index (χ4n) is 4.66. The molecule has 0 amide bonds. The van der Waals surface area contributed by atoms with Gasteiger partial charge in [-0.25, -0.2) is 4.98 Å². The van der Waals surface area contributed by atoms with Gasteiger partial charge in [-0.3, -0.25) is 4.98 Å². The van der Waals surface area contributed by atoms with Crippen molar-refractivity contribution in [2.75, 3.05) is 0 Å². The summed E-state index contributed by atoms with van der Waals surface area (Å²) in [6.45, 7) is 6.69. The van der Waals surface area contributed by atoms with Crippen LogP contribution in [0.4, 0.5) is 0 Å². The van der Waals surface area contributed by atoms with Crippen molar-refractivity contribution >= 4 is 21.9 Å². The first-order chi connectivity index (χ1) is 17.4. The molecule has 0 aliphatic heterocycles. The maximum atomic E-state index is 10.3. The average molecular weight is 664 g/mol. The number of hydrogen-bond acceptors (Lipinski definition) is 3. The summed E-state index contributed by atoms with van der Waals surface area (Å²) >= 11 is 0. The Balaban J connectivity index is 0.00000280. The van der Waals surface area contributed by atoms with E-state index in [1.165, 1.54) is 5.56 Å². The molecule has 6 aromatic rings. The van der Waals surface area contributed by atoms with Crippen molar-refractivity contribution in [3.8, 4) is 39.4 Å². The van der Waals surface area contributed by atoms with E-state index in [4.69, 9.17) is 9.97 Å². The molecule has 0 aliphatic rings. The monoisotopic (exact) mass is 663 g/mol. The number of aromatic nitrogens is 3. The number of nitrogens with one attached hydrogen (secondary N) is 1. The number of phenolic OH excluding ortho intramolecular Hbond substituents is 1. The Morgan fingerprint density at radius 1 is 0.757 bits per heavy atom. The molecule has 0 spiro atoms. The number of para-hydroxylation sites is 2. The standard InChI is InChI=1S/C32H26N3O.Pt/c1-32(2,3)23-18-22-11-8-16-33-29(22)26(19-23)21-10-6-9-20(17-21)24-13-7-14-27-30(24)35-31(34-27)25-12-4-5-15-28(25)36;/h4-16,18-19,36H,1-3H3,(H,34,35);/q-1;. The van der Waals surface area contributed by atoms with E-state index in [1.807, 2.05) is 36.5 Å². The van der Waals surface area contributed by atoms with E-state index >= 15 is 0 Å². The predicted octanol–water partition coefficient (Wildman–Crippen LogP) is 7.91. The largest absolute Gasteiger partial charge is 0.507 e. The van der Waals surface area contributed by atoms with Gasteiger partial charge in [0.1, 0.15) is 11.6 Å². The predicted molar refractivity (Wildman–Crippen MR) is 147 cm³/mol. The molecular formula is C32H26N3OPt-. The third-order valence-electron chi connectivity index (χ3n) is 6.62. The zero-order valence-electron chi connectivity index (χ0n) is 20.8. The van der Waals surface area contributed by atoms with Crippen LogP contribution in [0.2, 0.25) is 0 Å². The summed E-state index contributed by atoms with van der Waals surface area (Å²) < 4.78 is 0. The Hall–Kier alpha value is -3.75. The van der Waals surface area contributed by atoms with Gasteiger partial charge in [0.05, 0.1) is 16.6 Å². The summed E-state index contributed by atoms with van der Waals surface area (Å²) in [6, 6.07) is 31.8. The summed E-state index contributed by atoms with van der Waals surface area (Å²) in [6.07, 6.45) is 1.84. The Morgan fingerprint density at radius 3 is 2.27 bits per heavy atom. The van der Waals surface area contributed by atoms with Crippen molar-refractivity contribution in [1.29, 1.82) is 0 Å². The van der Waals surface area contributed by atoms with E-state index < -0.39 is 0 Å². The van der Waals surface area contributed by atoms with Gasteiger partial charge in [-0.05, 0) is 40.6 Å². The maximum Gasteiger partial charge on any atom is 0.141 e. The molecule has 186 valence electrons. The number of imidazole rings is 1. The Morgan fingerprint density at radius 2 is 1.49 bits per heavy atom. The number of fused-ring (bicyclic) bond motifs is 2. The molecule has 4 aromatic carbocycles. The smallest absolute Gasteiger partial charge is 0.141 e. The Kier molecular flexibility index (Phi) is 6.47. The van der Waals surface area contributed by atoms with E-state index in [-0.39, 0.29) is 32.2 Å². The number of aromatic hydroxyl groups is 1. The van der Waals surface area contributed by atoms with Crippen LogP contribution in [0.5, 0.6) is 5.75 Å². The van der Waals surface area contributed by atoms with Crippen LogP contribution < -0.4 is 0 Å². The zero-order valence-corrected chi connectivity index (χ0v) is 23.1. The van der Waals surface area contributed by atoms with Gasteiger partial charge in [-0.15, -0.1) is 35.4 Å². The number of pyridine rings is 1. The second-order valence-corrected chi connectivity index (χ2v) is 10.1. The fraction of sp³-hybridized carbons (Fsp3) is 0.125. The van der Waals surface area contributed by atoms with Gasteiger partial charge in [-0.1, -0.05) is 74.4 Å². The molecule has 0 bridgehead atoms. The maximum absolute atomic E-state index is 10.3. The van der Waals surface area contributed by atoms with Gasteiger partial charge in [0.25, 0.3) is 0 Å². The van der Waals surface area contributed by atoms with E-state index in [9.17, 15) is 5.11 Å². The minimum atomic E-state index is 0. The van der Waals surface area contributed by atoms with Gasteiger partial charge in [-0.2, -0.15) is 0 Å². The van der Waals surface area contributed by atoms with Crippen molar-refractivity contribution in [3.63, 3.8) is 0 Å².